The first-order valence-corrected chi connectivity index (χ1v) is 5.75. The fraction of sp³-hybridized carbons (Fsp3) is 0.462. The van der Waals surface area contributed by atoms with E-state index in [1.165, 1.54) is 0 Å². The molecular weight excluding hydrogens is 234 g/mol. The lowest BCUT2D eigenvalue weighted by molar-refractivity contribution is 0.0256. The maximum atomic E-state index is 11.5. The van der Waals surface area contributed by atoms with Gasteiger partial charge in [0.15, 0.2) is 0 Å². The highest BCUT2D eigenvalue weighted by Gasteiger charge is 2.21. The van der Waals surface area contributed by atoms with Gasteiger partial charge in [-0.1, -0.05) is 18.2 Å². The SMILES string of the molecule is COCCC(C)(O)CNC(=O)Oc1ccccc1. The summed E-state index contributed by atoms with van der Waals surface area (Å²) >= 11 is 0. The van der Waals surface area contributed by atoms with E-state index < -0.39 is 11.7 Å². The minimum Gasteiger partial charge on any atom is -0.410 e. The van der Waals surface area contributed by atoms with Crippen LogP contribution in [0.3, 0.4) is 0 Å². The number of ether oxygens (including phenoxy) is 2. The predicted molar refractivity (Wildman–Crippen MR) is 67.6 cm³/mol. The van der Waals surface area contributed by atoms with Crippen molar-refractivity contribution < 1.29 is 19.4 Å². The zero-order chi connectivity index (χ0) is 13.4. The molecule has 5 heteroatoms. The van der Waals surface area contributed by atoms with Crippen LogP contribution in [0.5, 0.6) is 5.75 Å². The van der Waals surface area contributed by atoms with Gasteiger partial charge in [0, 0.05) is 26.7 Å². The number of amides is 1. The van der Waals surface area contributed by atoms with Crippen molar-refractivity contribution in [3.8, 4) is 5.75 Å². The summed E-state index contributed by atoms with van der Waals surface area (Å²) in [6.45, 7) is 2.18. The highest BCUT2D eigenvalue weighted by molar-refractivity contribution is 5.70. The Morgan fingerprint density at radius 3 is 2.67 bits per heavy atom. The fourth-order valence-corrected chi connectivity index (χ4v) is 1.30. The van der Waals surface area contributed by atoms with E-state index in [1.807, 2.05) is 6.07 Å². The van der Waals surface area contributed by atoms with Gasteiger partial charge < -0.3 is 19.9 Å². The van der Waals surface area contributed by atoms with Gasteiger partial charge in [-0.2, -0.15) is 0 Å². The van der Waals surface area contributed by atoms with Gasteiger partial charge in [0.1, 0.15) is 5.75 Å². The molecule has 1 amide bonds. The molecule has 0 aliphatic rings. The van der Waals surface area contributed by atoms with Crippen LogP contribution in [-0.2, 0) is 4.74 Å². The van der Waals surface area contributed by atoms with Crippen LogP contribution in [0.1, 0.15) is 13.3 Å². The molecule has 0 spiro atoms. The molecule has 18 heavy (non-hydrogen) atoms. The monoisotopic (exact) mass is 253 g/mol. The number of hydrogen-bond donors (Lipinski definition) is 2. The second kappa shape index (κ2) is 6.98. The van der Waals surface area contributed by atoms with Crippen LogP contribution in [0.15, 0.2) is 30.3 Å². The first-order valence-electron chi connectivity index (χ1n) is 5.75. The molecule has 1 rings (SSSR count). The summed E-state index contributed by atoms with van der Waals surface area (Å²) in [5.41, 5.74) is -1.01. The third-order valence-corrected chi connectivity index (χ3v) is 2.41. The molecule has 2 N–H and O–H groups in total. The summed E-state index contributed by atoms with van der Waals surface area (Å²) in [5, 5.41) is 12.4. The van der Waals surface area contributed by atoms with E-state index >= 15 is 0 Å². The van der Waals surface area contributed by atoms with Crippen LogP contribution >= 0.6 is 0 Å². The summed E-state index contributed by atoms with van der Waals surface area (Å²) in [5.74, 6) is 0.464. The maximum absolute atomic E-state index is 11.5. The molecule has 0 aliphatic carbocycles. The van der Waals surface area contributed by atoms with E-state index in [0.717, 1.165) is 0 Å². The third kappa shape index (κ3) is 5.65. The third-order valence-electron chi connectivity index (χ3n) is 2.41. The normalized spacial score (nSPS) is 13.7. The zero-order valence-corrected chi connectivity index (χ0v) is 10.7. The van der Waals surface area contributed by atoms with Gasteiger partial charge in [-0.3, -0.25) is 0 Å². The van der Waals surface area contributed by atoms with Crippen molar-refractivity contribution in [2.75, 3.05) is 20.3 Å². The van der Waals surface area contributed by atoms with Gasteiger partial charge in [-0.15, -0.1) is 0 Å². The Kier molecular flexibility index (Phi) is 5.61. The number of benzene rings is 1. The topological polar surface area (TPSA) is 67.8 Å². The highest BCUT2D eigenvalue weighted by atomic mass is 16.6. The quantitative estimate of drug-likeness (QED) is 0.807. The molecule has 100 valence electrons. The molecular formula is C13H19NO4. The number of para-hydroxylation sites is 1. The van der Waals surface area contributed by atoms with Crippen molar-refractivity contribution in [1.82, 2.24) is 5.32 Å². The molecule has 0 aliphatic heterocycles. The number of rotatable bonds is 6. The minimum atomic E-state index is -1.01. The molecule has 0 heterocycles. The smallest absolute Gasteiger partial charge is 0.410 e. The average molecular weight is 253 g/mol. The van der Waals surface area contributed by atoms with Crippen molar-refractivity contribution in [3.63, 3.8) is 0 Å². The van der Waals surface area contributed by atoms with Gasteiger partial charge in [-0.25, -0.2) is 4.79 Å². The molecule has 0 aromatic heterocycles. The van der Waals surface area contributed by atoms with E-state index in [0.29, 0.717) is 18.8 Å². The summed E-state index contributed by atoms with van der Waals surface area (Å²) in [4.78, 5) is 11.5. The van der Waals surface area contributed by atoms with Gasteiger partial charge in [-0.05, 0) is 19.1 Å². The molecule has 1 aromatic carbocycles. The second-order valence-electron chi connectivity index (χ2n) is 4.30. The Bertz CT molecular complexity index is 365. The molecule has 0 fully saturated rings. The summed E-state index contributed by atoms with van der Waals surface area (Å²) in [7, 11) is 1.56. The Morgan fingerprint density at radius 2 is 2.06 bits per heavy atom. The van der Waals surface area contributed by atoms with Crippen LogP contribution in [0.4, 0.5) is 4.79 Å². The van der Waals surface area contributed by atoms with Crippen LogP contribution < -0.4 is 10.1 Å². The van der Waals surface area contributed by atoms with Crippen molar-refractivity contribution >= 4 is 6.09 Å². The first-order chi connectivity index (χ1) is 8.53. The summed E-state index contributed by atoms with van der Waals surface area (Å²) in [6.07, 6.45) is -0.145. The molecule has 0 bridgehead atoms. The van der Waals surface area contributed by atoms with E-state index in [4.69, 9.17) is 9.47 Å². The lowest BCUT2D eigenvalue weighted by Crippen LogP contribution is -2.42. The lowest BCUT2D eigenvalue weighted by Gasteiger charge is -2.22. The number of nitrogens with one attached hydrogen (secondary N) is 1. The predicted octanol–water partition coefficient (Wildman–Crippen LogP) is 1.56. The molecule has 5 nitrogen and oxygen atoms in total. The Labute approximate surface area is 107 Å². The average Bonchev–Trinajstić information content (AvgIpc) is 2.36. The van der Waals surface area contributed by atoms with Crippen molar-refractivity contribution in [3.05, 3.63) is 30.3 Å². The van der Waals surface area contributed by atoms with Crippen molar-refractivity contribution in [2.24, 2.45) is 0 Å². The Hall–Kier alpha value is -1.59. The fourth-order valence-electron chi connectivity index (χ4n) is 1.30. The van der Waals surface area contributed by atoms with Gasteiger partial charge >= 0.3 is 6.09 Å². The molecule has 1 aromatic rings. The molecule has 0 radical (unpaired) electrons. The number of hydrogen-bond acceptors (Lipinski definition) is 4. The largest absolute Gasteiger partial charge is 0.412 e. The number of aliphatic hydroxyl groups is 1. The van der Waals surface area contributed by atoms with E-state index in [-0.39, 0.29) is 6.54 Å². The van der Waals surface area contributed by atoms with Gasteiger partial charge in [0.2, 0.25) is 0 Å². The summed E-state index contributed by atoms with van der Waals surface area (Å²) in [6, 6.07) is 8.75. The first kappa shape index (κ1) is 14.5. The standard InChI is InChI=1S/C13H19NO4/c1-13(16,8-9-17-2)10-14-12(15)18-11-6-4-3-5-7-11/h3-7,16H,8-10H2,1-2H3,(H,14,15). The van der Waals surface area contributed by atoms with Crippen LogP contribution in [0.2, 0.25) is 0 Å². The second-order valence-corrected chi connectivity index (χ2v) is 4.30. The molecule has 1 unspecified atom stereocenters. The number of carbonyl (C=O) groups is 1. The van der Waals surface area contributed by atoms with Crippen LogP contribution in [-0.4, -0.2) is 37.1 Å². The highest BCUT2D eigenvalue weighted by Crippen LogP contribution is 2.10. The summed E-state index contributed by atoms with van der Waals surface area (Å²) < 4.78 is 9.90. The molecule has 1 atom stereocenters. The van der Waals surface area contributed by atoms with Crippen LogP contribution in [0, 0.1) is 0 Å². The van der Waals surface area contributed by atoms with Crippen molar-refractivity contribution in [1.29, 1.82) is 0 Å². The zero-order valence-electron chi connectivity index (χ0n) is 10.7. The Balaban J connectivity index is 2.33. The van der Waals surface area contributed by atoms with Gasteiger partial charge in [0.05, 0.1) is 5.60 Å². The van der Waals surface area contributed by atoms with Crippen molar-refractivity contribution in [2.45, 2.75) is 18.9 Å². The van der Waals surface area contributed by atoms with Gasteiger partial charge in [0.25, 0.3) is 0 Å². The number of carbonyl (C=O) groups excluding carboxylic acids is 1. The molecule has 0 saturated carbocycles. The minimum absolute atomic E-state index is 0.113. The van der Waals surface area contributed by atoms with Crippen LogP contribution in [0.25, 0.3) is 0 Å². The number of methoxy groups -OCH3 is 1. The lowest BCUT2D eigenvalue weighted by atomic mass is 10.0. The Morgan fingerprint density at radius 1 is 1.39 bits per heavy atom. The van der Waals surface area contributed by atoms with E-state index in [1.54, 1.807) is 38.3 Å². The maximum Gasteiger partial charge on any atom is 0.412 e. The van der Waals surface area contributed by atoms with E-state index in [2.05, 4.69) is 5.32 Å². The van der Waals surface area contributed by atoms with E-state index in [9.17, 15) is 9.90 Å². The molecule has 0 saturated heterocycles.